The number of phenolic OH excluding ortho intramolecular Hbond substituents is 1. The Morgan fingerprint density at radius 1 is 1.12 bits per heavy atom. The first kappa shape index (κ1) is 18.8. The molecule has 0 unspecified atom stereocenters. The van der Waals surface area contributed by atoms with Crippen molar-refractivity contribution >= 4 is 29.2 Å². The standard InChI is InChI=1S/C19H20ClNO4/c1-11(2)14-6-4-5-7-16(14)21-18(23)12(3)25-19(24)15-9-8-13(20)10-17(15)22/h4-12,22H,1-3H3,(H,21,23)/t12-/m0/s1. The fourth-order valence-electron chi connectivity index (χ4n) is 2.30. The van der Waals surface area contributed by atoms with Crippen molar-refractivity contribution in [1.82, 2.24) is 0 Å². The lowest BCUT2D eigenvalue weighted by Gasteiger charge is -2.17. The molecule has 0 spiro atoms. The van der Waals surface area contributed by atoms with Gasteiger partial charge in [-0.15, -0.1) is 0 Å². The molecule has 2 rings (SSSR count). The van der Waals surface area contributed by atoms with E-state index in [1.807, 2.05) is 32.0 Å². The molecule has 2 N–H and O–H groups in total. The highest BCUT2D eigenvalue weighted by molar-refractivity contribution is 6.30. The van der Waals surface area contributed by atoms with Crippen LogP contribution in [0.2, 0.25) is 5.02 Å². The number of rotatable bonds is 5. The average molecular weight is 362 g/mol. The normalized spacial score (nSPS) is 11.9. The van der Waals surface area contributed by atoms with Crippen LogP contribution >= 0.6 is 11.6 Å². The van der Waals surface area contributed by atoms with E-state index < -0.39 is 18.0 Å². The van der Waals surface area contributed by atoms with Gasteiger partial charge < -0.3 is 15.2 Å². The fourth-order valence-corrected chi connectivity index (χ4v) is 2.47. The van der Waals surface area contributed by atoms with Crippen molar-refractivity contribution in [1.29, 1.82) is 0 Å². The molecule has 0 bridgehead atoms. The van der Waals surface area contributed by atoms with Crippen LogP contribution in [0.1, 0.15) is 42.6 Å². The summed E-state index contributed by atoms with van der Waals surface area (Å²) in [5.41, 5.74) is 1.62. The minimum Gasteiger partial charge on any atom is -0.507 e. The monoisotopic (exact) mass is 361 g/mol. The van der Waals surface area contributed by atoms with E-state index in [0.717, 1.165) is 5.56 Å². The lowest BCUT2D eigenvalue weighted by Crippen LogP contribution is -2.30. The number of aromatic hydroxyl groups is 1. The number of nitrogens with one attached hydrogen (secondary N) is 1. The van der Waals surface area contributed by atoms with E-state index in [4.69, 9.17) is 16.3 Å². The van der Waals surface area contributed by atoms with E-state index in [1.165, 1.54) is 25.1 Å². The minimum absolute atomic E-state index is 0.0494. The number of benzene rings is 2. The quantitative estimate of drug-likeness (QED) is 0.776. The van der Waals surface area contributed by atoms with E-state index in [2.05, 4.69) is 5.32 Å². The number of carbonyl (C=O) groups is 2. The zero-order valence-electron chi connectivity index (χ0n) is 14.2. The Hall–Kier alpha value is -2.53. The van der Waals surface area contributed by atoms with Crippen molar-refractivity contribution in [2.75, 3.05) is 5.32 Å². The van der Waals surface area contributed by atoms with Crippen molar-refractivity contribution in [3.05, 3.63) is 58.6 Å². The lowest BCUT2D eigenvalue weighted by atomic mass is 10.0. The Bertz CT molecular complexity index is 789. The maximum Gasteiger partial charge on any atom is 0.342 e. The zero-order chi connectivity index (χ0) is 18.6. The molecule has 0 saturated carbocycles. The van der Waals surface area contributed by atoms with Gasteiger partial charge in [-0.2, -0.15) is 0 Å². The van der Waals surface area contributed by atoms with Gasteiger partial charge in [-0.25, -0.2) is 4.79 Å². The third-order valence-corrected chi connectivity index (χ3v) is 3.91. The summed E-state index contributed by atoms with van der Waals surface area (Å²) in [6, 6.07) is 11.5. The van der Waals surface area contributed by atoms with Crippen LogP contribution in [-0.4, -0.2) is 23.1 Å². The minimum atomic E-state index is -1.03. The number of hydrogen-bond donors (Lipinski definition) is 2. The molecule has 1 amide bonds. The van der Waals surface area contributed by atoms with Gasteiger partial charge in [0, 0.05) is 10.7 Å². The van der Waals surface area contributed by atoms with Gasteiger partial charge in [0.2, 0.25) is 0 Å². The predicted molar refractivity (Wildman–Crippen MR) is 97.2 cm³/mol. The summed E-state index contributed by atoms with van der Waals surface area (Å²) in [4.78, 5) is 24.4. The molecule has 0 heterocycles. The molecule has 132 valence electrons. The van der Waals surface area contributed by atoms with Crippen LogP contribution in [0, 0.1) is 0 Å². The largest absolute Gasteiger partial charge is 0.507 e. The molecule has 0 saturated heterocycles. The van der Waals surface area contributed by atoms with Gasteiger partial charge in [0.05, 0.1) is 0 Å². The second kappa shape index (κ2) is 8.03. The van der Waals surface area contributed by atoms with Crippen LogP contribution in [-0.2, 0) is 9.53 Å². The first-order valence-electron chi connectivity index (χ1n) is 7.89. The Morgan fingerprint density at radius 2 is 1.80 bits per heavy atom. The number of phenols is 1. The van der Waals surface area contributed by atoms with Crippen LogP contribution in [0.3, 0.4) is 0 Å². The number of hydrogen-bond acceptors (Lipinski definition) is 4. The molecule has 2 aromatic carbocycles. The second-order valence-electron chi connectivity index (χ2n) is 5.94. The predicted octanol–water partition coefficient (Wildman–Crippen LogP) is 4.35. The van der Waals surface area contributed by atoms with Crippen LogP contribution in [0.4, 0.5) is 5.69 Å². The van der Waals surface area contributed by atoms with E-state index in [-0.39, 0.29) is 17.2 Å². The molecular weight excluding hydrogens is 342 g/mol. The first-order chi connectivity index (χ1) is 11.8. The number of halogens is 1. The van der Waals surface area contributed by atoms with Crippen LogP contribution in [0.15, 0.2) is 42.5 Å². The highest BCUT2D eigenvalue weighted by atomic mass is 35.5. The molecule has 6 heteroatoms. The SMILES string of the molecule is CC(C)c1ccccc1NC(=O)[C@H](C)OC(=O)c1ccc(Cl)cc1O. The van der Waals surface area contributed by atoms with Crippen molar-refractivity contribution in [2.24, 2.45) is 0 Å². The van der Waals surface area contributed by atoms with E-state index >= 15 is 0 Å². The van der Waals surface area contributed by atoms with Crippen LogP contribution in [0.25, 0.3) is 0 Å². The maximum absolute atomic E-state index is 12.3. The van der Waals surface area contributed by atoms with E-state index in [9.17, 15) is 14.7 Å². The third kappa shape index (κ3) is 4.73. The molecule has 0 aliphatic heterocycles. The summed E-state index contributed by atoms with van der Waals surface area (Å²) in [6.45, 7) is 5.52. The average Bonchev–Trinajstić information content (AvgIpc) is 2.54. The van der Waals surface area contributed by atoms with Gasteiger partial charge in [0.1, 0.15) is 11.3 Å². The Balaban J connectivity index is 2.07. The zero-order valence-corrected chi connectivity index (χ0v) is 15.0. The van der Waals surface area contributed by atoms with Gasteiger partial charge >= 0.3 is 5.97 Å². The van der Waals surface area contributed by atoms with E-state index in [0.29, 0.717) is 10.7 Å². The van der Waals surface area contributed by atoms with Crippen molar-refractivity contribution in [3.8, 4) is 5.75 Å². The van der Waals surface area contributed by atoms with Gasteiger partial charge in [-0.1, -0.05) is 43.6 Å². The molecular formula is C19H20ClNO4. The second-order valence-corrected chi connectivity index (χ2v) is 6.38. The molecule has 0 aliphatic carbocycles. The summed E-state index contributed by atoms with van der Waals surface area (Å²) in [5, 5.41) is 12.8. The fraction of sp³-hybridized carbons (Fsp3) is 0.263. The van der Waals surface area contributed by atoms with Crippen LogP contribution < -0.4 is 5.32 Å². The Labute approximate surface area is 151 Å². The number of ether oxygens (including phenoxy) is 1. The number of anilines is 1. The number of para-hydroxylation sites is 1. The number of amides is 1. The molecule has 0 aromatic heterocycles. The first-order valence-corrected chi connectivity index (χ1v) is 8.26. The van der Waals surface area contributed by atoms with Gasteiger partial charge in [-0.05, 0) is 42.7 Å². The van der Waals surface area contributed by atoms with Crippen LogP contribution in [0.5, 0.6) is 5.75 Å². The van der Waals surface area contributed by atoms with E-state index in [1.54, 1.807) is 6.07 Å². The van der Waals surface area contributed by atoms with Gasteiger partial charge in [0.25, 0.3) is 5.91 Å². The Morgan fingerprint density at radius 3 is 2.44 bits per heavy atom. The summed E-state index contributed by atoms with van der Waals surface area (Å²) in [7, 11) is 0. The molecule has 0 aliphatic rings. The number of esters is 1. The highest BCUT2D eigenvalue weighted by Crippen LogP contribution is 2.25. The maximum atomic E-state index is 12.3. The van der Waals surface area contributed by atoms with Crippen molar-refractivity contribution < 1.29 is 19.4 Å². The molecule has 1 atom stereocenters. The van der Waals surface area contributed by atoms with Crippen molar-refractivity contribution in [3.63, 3.8) is 0 Å². The molecule has 5 nitrogen and oxygen atoms in total. The summed E-state index contributed by atoms with van der Waals surface area (Å²) in [5.74, 6) is -1.31. The lowest BCUT2D eigenvalue weighted by molar-refractivity contribution is -0.123. The summed E-state index contributed by atoms with van der Waals surface area (Å²) < 4.78 is 5.14. The highest BCUT2D eigenvalue weighted by Gasteiger charge is 2.22. The summed E-state index contributed by atoms with van der Waals surface area (Å²) in [6.07, 6.45) is -1.03. The number of carbonyl (C=O) groups excluding carboxylic acids is 2. The third-order valence-electron chi connectivity index (χ3n) is 3.67. The van der Waals surface area contributed by atoms with Gasteiger partial charge in [-0.3, -0.25) is 4.79 Å². The molecule has 0 fully saturated rings. The van der Waals surface area contributed by atoms with Crippen molar-refractivity contribution in [2.45, 2.75) is 32.8 Å². The molecule has 0 radical (unpaired) electrons. The molecule has 2 aromatic rings. The Kier molecular flexibility index (Phi) is 6.04. The molecule has 25 heavy (non-hydrogen) atoms. The topological polar surface area (TPSA) is 75.6 Å². The van der Waals surface area contributed by atoms with Gasteiger partial charge in [0.15, 0.2) is 6.10 Å². The summed E-state index contributed by atoms with van der Waals surface area (Å²) >= 11 is 5.73. The smallest absolute Gasteiger partial charge is 0.342 e.